The van der Waals surface area contributed by atoms with Crippen molar-refractivity contribution >= 4 is 6.03 Å². The van der Waals surface area contributed by atoms with E-state index in [4.69, 9.17) is 0 Å². The summed E-state index contributed by atoms with van der Waals surface area (Å²) in [5, 5.41) is 2.88. The van der Waals surface area contributed by atoms with Crippen LogP contribution in [0.15, 0.2) is 0 Å². The highest BCUT2D eigenvalue weighted by atomic mass is 16.2. The predicted octanol–water partition coefficient (Wildman–Crippen LogP) is 1.84. The summed E-state index contributed by atoms with van der Waals surface area (Å²) in [6, 6.07) is 0.646. The Morgan fingerprint density at radius 3 is 2.36 bits per heavy atom. The summed E-state index contributed by atoms with van der Waals surface area (Å²) in [6.45, 7) is 6.34. The van der Waals surface area contributed by atoms with Crippen LogP contribution in [0.1, 0.15) is 33.1 Å². The Balaban J connectivity index is 1.99. The van der Waals surface area contributed by atoms with Crippen LogP contribution in [0.5, 0.6) is 0 Å². The van der Waals surface area contributed by atoms with Crippen molar-refractivity contribution in [3.8, 4) is 0 Å². The molecule has 1 aliphatic carbocycles. The lowest BCUT2D eigenvalue weighted by Crippen LogP contribution is -2.42. The van der Waals surface area contributed by atoms with Gasteiger partial charge in [0.1, 0.15) is 0 Å². The molecule has 0 radical (unpaired) electrons. The SMILES string of the molecule is CC1CC(C)CC(N2CCNC2=O)C1. The van der Waals surface area contributed by atoms with E-state index in [-0.39, 0.29) is 6.03 Å². The van der Waals surface area contributed by atoms with Crippen LogP contribution in [0.4, 0.5) is 4.79 Å². The van der Waals surface area contributed by atoms with Gasteiger partial charge in [0, 0.05) is 19.1 Å². The predicted molar refractivity (Wildman–Crippen MR) is 56.1 cm³/mol. The number of nitrogens with zero attached hydrogens (tertiary/aromatic N) is 1. The van der Waals surface area contributed by atoms with E-state index in [0.29, 0.717) is 6.04 Å². The molecule has 1 saturated carbocycles. The molecule has 80 valence electrons. The van der Waals surface area contributed by atoms with Crippen LogP contribution < -0.4 is 5.32 Å². The fourth-order valence-electron chi connectivity index (χ4n) is 2.99. The molecule has 2 aliphatic rings. The van der Waals surface area contributed by atoms with Gasteiger partial charge in [-0.25, -0.2) is 4.79 Å². The summed E-state index contributed by atoms with van der Waals surface area (Å²) in [5.74, 6) is 1.55. The van der Waals surface area contributed by atoms with Crippen LogP contribution in [-0.4, -0.2) is 30.1 Å². The lowest BCUT2D eigenvalue weighted by molar-refractivity contribution is 0.142. The summed E-state index contributed by atoms with van der Waals surface area (Å²) < 4.78 is 0. The fourth-order valence-corrected chi connectivity index (χ4v) is 2.99. The normalized spacial score (nSPS) is 38.6. The van der Waals surface area contributed by atoms with Crippen molar-refractivity contribution in [3.05, 3.63) is 0 Å². The maximum atomic E-state index is 11.5. The van der Waals surface area contributed by atoms with E-state index < -0.39 is 0 Å². The zero-order valence-corrected chi connectivity index (χ0v) is 9.12. The van der Waals surface area contributed by atoms with Crippen LogP contribution in [0.3, 0.4) is 0 Å². The van der Waals surface area contributed by atoms with Crippen LogP contribution in [0.2, 0.25) is 0 Å². The molecule has 2 fully saturated rings. The Labute approximate surface area is 85.8 Å². The second-order valence-electron chi connectivity index (χ2n) is 5.00. The van der Waals surface area contributed by atoms with Gasteiger partial charge < -0.3 is 10.2 Å². The van der Waals surface area contributed by atoms with Crippen LogP contribution in [0.25, 0.3) is 0 Å². The standard InChI is InChI=1S/C11H20N2O/c1-8-5-9(2)7-10(6-8)13-4-3-12-11(13)14/h8-10H,3-7H2,1-2H3,(H,12,14). The number of carbonyl (C=O) groups is 1. The van der Waals surface area contributed by atoms with Gasteiger partial charge >= 0.3 is 6.03 Å². The fraction of sp³-hybridized carbons (Fsp3) is 0.909. The molecule has 2 unspecified atom stereocenters. The first-order valence-corrected chi connectivity index (χ1v) is 5.71. The van der Waals surface area contributed by atoms with Gasteiger partial charge in [0.15, 0.2) is 0 Å². The number of hydrogen-bond donors (Lipinski definition) is 1. The highest BCUT2D eigenvalue weighted by molar-refractivity contribution is 5.76. The number of hydrogen-bond acceptors (Lipinski definition) is 1. The van der Waals surface area contributed by atoms with Crippen LogP contribution >= 0.6 is 0 Å². The van der Waals surface area contributed by atoms with Crippen molar-refractivity contribution < 1.29 is 4.79 Å². The van der Waals surface area contributed by atoms with Crippen LogP contribution in [0, 0.1) is 11.8 Å². The average Bonchev–Trinajstić information content (AvgIpc) is 2.49. The Bertz CT molecular complexity index is 219. The third-order valence-electron chi connectivity index (χ3n) is 3.48. The Kier molecular flexibility index (Phi) is 2.66. The van der Waals surface area contributed by atoms with Crippen molar-refractivity contribution in [1.29, 1.82) is 0 Å². The highest BCUT2D eigenvalue weighted by Crippen LogP contribution is 2.31. The van der Waals surface area contributed by atoms with Gasteiger partial charge in [0.25, 0.3) is 0 Å². The van der Waals surface area contributed by atoms with Crippen molar-refractivity contribution in [3.63, 3.8) is 0 Å². The maximum absolute atomic E-state index is 11.5. The number of amides is 2. The van der Waals surface area contributed by atoms with Crippen molar-refractivity contribution in [2.45, 2.75) is 39.2 Å². The number of urea groups is 1. The third kappa shape index (κ3) is 1.86. The van der Waals surface area contributed by atoms with Gasteiger partial charge in [-0.15, -0.1) is 0 Å². The molecule has 1 aliphatic heterocycles. The maximum Gasteiger partial charge on any atom is 0.317 e. The molecule has 1 saturated heterocycles. The zero-order chi connectivity index (χ0) is 10.1. The molecule has 0 aromatic heterocycles. The molecule has 2 amide bonds. The molecular formula is C11H20N2O. The molecule has 0 aromatic carbocycles. The molecule has 3 nitrogen and oxygen atoms in total. The zero-order valence-electron chi connectivity index (χ0n) is 9.12. The number of carbonyl (C=O) groups excluding carboxylic acids is 1. The second-order valence-corrected chi connectivity index (χ2v) is 5.00. The minimum absolute atomic E-state index is 0.149. The summed E-state index contributed by atoms with van der Waals surface area (Å²) >= 11 is 0. The Hall–Kier alpha value is -0.730. The third-order valence-corrected chi connectivity index (χ3v) is 3.48. The second kappa shape index (κ2) is 3.79. The first-order chi connectivity index (χ1) is 6.66. The molecule has 0 aromatic rings. The van der Waals surface area contributed by atoms with E-state index >= 15 is 0 Å². The van der Waals surface area contributed by atoms with E-state index in [2.05, 4.69) is 19.2 Å². The van der Waals surface area contributed by atoms with Crippen LogP contribution in [-0.2, 0) is 0 Å². The van der Waals surface area contributed by atoms with Gasteiger partial charge in [-0.2, -0.15) is 0 Å². The van der Waals surface area contributed by atoms with Gasteiger partial charge in [0.05, 0.1) is 0 Å². The van der Waals surface area contributed by atoms with E-state index in [0.717, 1.165) is 24.9 Å². The minimum Gasteiger partial charge on any atom is -0.336 e. The summed E-state index contributed by atoms with van der Waals surface area (Å²) in [6.07, 6.45) is 3.71. The molecule has 1 N–H and O–H groups in total. The van der Waals surface area contributed by atoms with Crippen molar-refractivity contribution in [2.75, 3.05) is 13.1 Å². The molecule has 0 bridgehead atoms. The molecule has 0 spiro atoms. The number of rotatable bonds is 1. The van der Waals surface area contributed by atoms with E-state index in [9.17, 15) is 4.79 Å². The molecule has 1 heterocycles. The Morgan fingerprint density at radius 2 is 1.86 bits per heavy atom. The minimum atomic E-state index is 0.149. The molecule has 3 heteroatoms. The average molecular weight is 196 g/mol. The summed E-state index contributed by atoms with van der Waals surface area (Å²) in [7, 11) is 0. The molecule has 14 heavy (non-hydrogen) atoms. The lowest BCUT2D eigenvalue weighted by Gasteiger charge is -2.36. The van der Waals surface area contributed by atoms with Gasteiger partial charge in [0.2, 0.25) is 0 Å². The van der Waals surface area contributed by atoms with Gasteiger partial charge in [-0.05, 0) is 31.1 Å². The molecular weight excluding hydrogens is 176 g/mol. The monoisotopic (exact) mass is 196 g/mol. The highest BCUT2D eigenvalue weighted by Gasteiger charge is 2.32. The first kappa shape index (κ1) is 9.81. The van der Waals surface area contributed by atoms with Crippen molar-refractivity contribution in [1.82, 2.24) is 10.2 Å². The first-order valence-electron chi connectivity index (χ1n) is 5.71. The molecule has 2 rings (SSSR count). The topological polar surface area (TPSA) is 32.3 Å². The largest absolute Gasteiger partial charge is 0.336 e. The van der Waals surface area contributed by atoms with E-state index in [1.54, 1.807) is 0 Å². The van der Waals surface area contributed by atoms with Crippen molar-refractivity contribution in [2.24, 2.45) is 11.8 Å². The summed E-state index contributed by atoms with van der Waals surface area (Å²) in [4.78, 5) is 13.5. The lowest BCUT2D eigenvalue weighted by atomic mass is 9.80. The van der Waals surface area contributed by atoms with E-state index in [1.807, 2.05) is 4.90 Å². The van der Waals surface area contributed by atoms with Gasteiger partial charge in [-0.3, -0.25) is 0 Å². The van der Waals surface area contributed by atoms with Gasteiger partial charge in [-0.1, -0.05) is 13.8 Å². The van der Waals surface area contributed by atoms with E-state index in [1.165, 1.54) is 19.3 Å². The molecule has 2 atom stereocenters. The smallest absolute Gasteiger partial charge is 0.317 e. The quantitative estimate of drug-likeness (QED) is 0.682. The summed E-state index contributed by atoms with van der Waals surface area (Å²) in [5.41, 5.74) is 0. The number of nitrogens with one attached hydrogen (secondary N) is 1. The Morgan fingerprint density at radius 1 is 1.21 bits per heavy atom.